The number of carbonyl (C=O) groups excluding carboxylic acids is 1. The van der Waals surface area contributed by atoms with Gasteiger partial charge in [-0.25, -0.2) is 19.5 Å². The van der Waals surface area contributed by atoms with Crippen LogP contribution in [0, 0.1) is 0 Å². The Morgan fingerprint density at radius 3 is 2.76 bits per heavy atom. The molecule has 3 aromatic heterocycles. The first-order valence-corrected chi connectivity index (χ1v) is 17.6. The lowest BCUT2D eigenvalue weighted by atomic mass is 10.1. The van der Waals surface area contributed by atoms with E-state index in [0.717, 1.165) is 5.56 Å². The Balaban J connectivity index is 1.23. The average Bonchev–Trinajstić information content (AvgIpc) is 3.65. The zero-order valence-corrected chi connectivity index (χ0v) is 24.7. The van der Waals surface area contributed by atoms with Gasteiger partial charge in [0.25, 0.3) is 5.91 Å². The zero-order chi connectivity index (χ0) is 29.4. The number of rotatable bonds is 11. The molecule has 2 unspecified atom stereocenters. The molecule has 2 aliphatic rings. The summed E-state index contributed by atoms with van der Waals surface area (Å²) in [5.41, 5.74) is 12.8. The van der Waals surface area contributed by atoms with Crippen molar-refractivity contribution in [2.24, 2.45) is 5.73 Å². The Hall–Kier alpha value is -2.08. The van der Waals surface area contributed by atoms with E-state index in [9.17, 15) is 19.1 Å². The first-order valence-electron chi connectivity index (χ1n) is 12.2. The largest absolute Gasteiger partial charge is 0.383 e. The third-order valence-corrected chi connectivity index (χ3v) is 8.91. The minimum absolute atomic E-state index is 0.0545. The highest BCUT2D eigenvalue weighted by Crippen LogP contribution is 2.51. The summed E-state index contributed by atoms with van der Waals surface area (Å²) in [6.45, 7) is -8.42. The smallest absolute Gasteiger partial charge is 0.382 e. The molecule has 0 bridgehead atoms. The maximum absolute atomic E-state index is 11.6. The Labute approximate surface area is 243 Å². The number of hydrogen-bond acceptors (Lipinski definition) is 13. The summed E-state index contributed by atoms with van der Waals surface area (Å²) in [4.78, 5) is 48.1. The summed E-state index contributed by atoms with van der Waals surface area (Å²) >= 11 is 8.80. The second kappa shape index (κ2) is 12.3. The van der Waals surface area contributed by atoms with Crippen molar-refractivity contribution in [1.29, 1.82) is 0 Å². The second-order valence-electron chi connectivity index (χ2n) is 9.31. The first-order chi connectivity index (χ1) is 19.4. The predicted molar refractivity (Wildman–Crippen MR) is 150 cm³/mol. The monoisotopic (exact) mass is 647 g/mol. The molecule has 7 atom stereocenters. The normalized spacial score (nSPS) is 27.5. The van der Waals surface area contributed by atoms with Gasteiger partial charge in [0, 0.05) is 12.6 Å². The average molecular weight is 648 g/mol. The maximum Gasteiger partial charge on any atom is 0.383 e. The Kier molecular flexibility index (Phi) is 9.09. The number of anilines is 1. The van der Waals surface area contributed by atoms with Crippen molar-refractivity contribution in [3.8, 4) is 0 Å². The van der Waals surface area contributed by atoms with Gasteiger partial charge >= 0.3 is 13.5 Å². The molecule has 0 saturated carbocycles. The summed E-state index contributed by atoms with van der Waals surface area (Å²) in [6, 6.07) is 3.31. The SMILES string of the molecule is NC(=O)c1cc([C@H]2CC[C@@H](COP(O)(=S)O[C@H]3C[C@H](n4cnc5c(N)ncnc54)O[C@@H]3COP(=O)(O)S)O2)ccn1. The molecule has 0 radical (unpaired) electrons. The minimum Gasteiger partial charge on any atom is -0.382 e. The van der Waals surface area contributed by atoms with E-state index in [1.54, 1.807) is 16.7 Å². The van der Waals surface area contributed by atoms with E-state index in [4.69, 9.17) is 46.3 Å². The Morgan fingerprint density at radius 2 is 2.00 bits per heavy atom. The van der Waals surface area contributed by atoms with Gasteiger partial charge in [-0.05, 0) is 42.3 Å². The van der Waals surface area contributed by atoms with Crippen molar-refractivity contribution in [2.45, 2.75) is 49.9 Å². The molecular weight excluding hydrogens is 620 g/mol. The van der Waals surface area contributed by atoms with Crippen molar-refractivity contribution in [3.63, 3.8) is 0 Å². The van der Waals surface area contributed by atoms with E-state index in [-0.39, 0.29) is 37.3 Å². The van der Waals surface area contributed by atoms with E-state index in [1.807, 2.05) is 0 Å². The van der Waals surface area contributed by atoms with Gasteiger partial charge in [0.05, 0.1) is 37.9 Å². The summed E-state index contributed by atoms with van der Waals surface area (Å²) in [6.07, 6.45) is 2.36. The van der Waals surface area contributed by atoms with Crippen LogP contribution in [-0.4, -0.2) is 71.7 Å². The number of amides is 1. The molecule has 1 amide bonds. The van der Waals surface area contributed by atoms with Crippen LogP contribution in [0.15, 0.2) is 31.0 Å². The van der Waals surface area contributed by atoms with Crippen LogP contribution in [0.25, 0.3) is 11.2 Å². The van der Waals surface area contributed by atoms with Gasteiger partial charge in [0.1, 0.15) is 29.9 Å². The lowest BCUT2D eigenvalue weighted by molar-refractivity contribution is -0.0387. The van der Waals surface area contributed by atoms with Crippen molar-refractivity contribution >= 4 is 60.5 Å². The minimum atomic E-state index is -4.14. The molecule has 20 heteroatoms. The van der Waals surface area contributed by atoms with Crippen LogP contribution >= 0.6 is 25.8 Å². The second-order valence-corrected chi connectivity index (χ2v) is 14.9. The van der Waals surface area contributed by atoms with Gasteiger partial charge < -0.3 is 39.8 Å². The number of thiol groups is 1. The van der Waals surface area contributed by atoms with E-state index < -0.39 is 44.0 Å². The van der Waals surface area contributed by atoms with Crippen LogP contribution in [0.3, 0.4) is 0 Å². The number of imidazole rings is 1. The van der Waals surface area contributed by atoms with Crippen LogP contribution in [0.1, 0.15) is 47.6 Å². The number of ether oxygens (including phenoxy) is 2. The number of aromatic nitrogens is 5. The van der Waals surface area contributed by atoms with E-state index in [2.05, 4.69) is 32.2 Å². The number of hydrogen-bond donors (Lipinski definition) is 5. The summed E-state index contributed by atoms with van der Waals surface area (Å²) in [5.74, 6) is -0.455. The molecule has 222 valence electrons. The highest BCUT2D eigenvalue weighted by molar-refractivity contribution is 8.44. The quantitative estimate of drug-likeness (QED) is 0.148. The number of nitrogens with zero attached hydrogens (tertiary/aromatic N) is 5. The summed E-state index contributed by atoms with van der Waals surface area (Å²) in [7, 11) is 0. The van der Waals surface area contributed by atoms with Crippen molar-refractivity contribution in [2.75, 3.05) is 18.9 Å². The van der Waals surface area contributed by atoms with E-state index >= 15 is 0 Å². The molecule has 2 fully saturated rings. The maximum atomic E-state index is 11.6. The molecule has 2 saturated heterocycles. The third-order valence-electron chi connectivity index (χ3n) is 6.49. The molecule has 41 heavy (non-hydrogen) atoms. The fourth-order valence-corrected chi connectivity index (χ4v) is 6.65. The number of carbonyl (C=O) groups is 1. The van der Waals surface area contributed by atoms with Crippen LogP contribution in [0.4, 0.5) is 5.82 Å². The van der Waals surface area contributed by atoms with Crippen molar-refractivity contribution in [3.05, 3.63) is 42.2 Å². The molecule has 3 aromatic rings. The first kappa shape index (κ1) is 30.4. The Bertz CT molecular complexity index is 1530. The van der Waals surface area contributed by atoms with Crippen LogP contribution in [0.2, 0.25) is 0 Å². The van der Waals surface area contributed by atoms with Crippen LogP contribution < -0.4 is 11.5 Å². The highest BCUT2D eigenvalue weighted by atomic mass is 32.7. The number of primary amides is 1. The molecule has 0 aliphatic carbocycles. The van der Waals surface area contributed by atoms with Gasteiger partial charge in [-0.15, -0.1) is 0 Å². The summed E-state index contributed by atoms with van der Waals surface area (Å²) < 4.78 is 41.6. The van der Waals surface area contributed by atoms with Gasteiger partial charge in [-0.1, -0.05) is 12.2 Å². The lowest BCUT2D eigenvalue weighted by Gasteiger charge is -2.24. The predicted octanol–water partition coefficient (Wildman–Crippen LogP) is 1.78. The molecule has 16 nitrogen and oxygen atoms in total. The van der Waals surface area contributed by atoms with Crippen LogP contribution in [-0.2, 0) is 39.4 Å². The highest BCUT2D eigenvalue weighted by Gasteiger charge is 2.42. The number of fused-ring (bicyclic) bond motifs is 1. The number of nitrogen functional groups attached to an aromatic ring is 1. The van der Waals surface area contributed by atoms with Gasteiger partial charge in [-0.3, -0.25) is 18.9 Å². The van der Waals surface area contributed by atoms with Crippen molar-refractivity contribution in [1.82, 2.24) is 24.5 Å². The molecular formula is C21H27N7O9P2S2. The third kappa shape index (κ3) is 7.47. The Morgan fingerprint density at radius 1 is 1.20 bits per heavy atom. The number of pyridine rings is 1. The fourth-order valence-electron chi connectivity index (χ4n) is 4.62. The number of nitrogens with two attached hydrogens (primary N) is 2. The van der Waals surface area contributed by atoms with Crippen molar-refractivity contribution < 1.29 is 42.2 Å². The molecule has 5 heterocycles. The molecule has 0 spiro atoms. The molecule has 5 rings (SSSR count). The molecule has 6 N–H and O–H groups in total. The zero-order valence-electron chi connectivity index (χ0n) is 21.2. The van der Waals surface area contributed by atoms with E-state index in [0.29, 0.717) is 24.0 Å². The van der Waals surface area contributed by atoms with Gasteiger partial charge in [0.15, 0.2) is 11.5 Å². The molecule has 2 aliphatic heterocycles. The van der Waals surface area contributed by atoms with Crippen LogP contribution in [0.5, 0.6) is 0 Å². The fraction of sp³-hybridized carbons (Fsp3) is 0.476. The van der Waals surface area contributed by atoms with Gasteiger partial charge in [-0.2, -0.15) is 0 Å². The molecule has 0 aromatic carbocycles. The standard InChI is InChI=1S/C21H27N7O9P2S2/c22-19-18-21(26-9-25-19)28(10-27-18)17-6-15(16(36-17)8-33-38(30,31)40)37-39(32,41)34-7-12-1-2-14(35-12)11-3-4-24-13(5-11)20(23)29/h3-5,9-10,12,14-17H,1-2,6-8H2,(H2,23,29)(H,32,41)(H2,22,25,26)(H2,30,31,40)/t12-,14+,15-,16+,17+,39?/m0/s1. The van der Waals surface area contributed by atoms with Gasteiger partial charge in [0.2, 0.25) is 0 Å². The summed E-state index contributed by atoms with van der Waals surface area (Å²) in [5, 5.41) is 0. The topological polar surface area (TPSA) is 229 Å². The lowest BCUT2D eigenvalue weighted by Crippen LogP contribution is -2.28. The van der Waals surface area contributed by atoms with E-state index in [1.165, 1.54) is 18.9 Å².